The van der Waals surface area contributed by atoms with E-state index in [1.807, 2.05) is 83.8 Å². The molecule has 0 aromatic heterocycles. The Morgan fingerprint density at radius 1 is 0.935 bits per heavy atom. The zero-order valence-corrected chi connectivity index (χ0v) is 18.1. The molecule has 5 nitrogen and oxygen atoms in total. The van der Waals surface area contributed by atoms with Crippen LogP contribution in [0.3, 0.4) is 0 Å². The highest BCUT2D eigenvalue weighted by molar-refractivity contribution is 9.10. The maximum atomic E-state index is 13.9. The van der Waals surface area contributed by atoms with Crippen molar-refractivity contribution in [3.63, 3.8) is 0 Å². The average molecular weight is 475 g/mol. The lowest BCUT2D eigenvalue weighted by Crippen LogP contribution is -2.44. The van der Waals surface area contributed by atoms with Gasteiger partial charge in [-0.2, -0.15) is 0 Å². The number of halogens is 1. The van der Waals surface area contributed by atoms with E-state index in [0.29, 0.717) is 5.56 Å². The first-order valence-corrected chi connectivity index (χ1v) is 10.9. The van der Waals surface area contributed by atoms with Gasteiger partial charge in [-0.15, -0.1) is 0 Å². The third-order valence-electron chi connectivity index (χ3n) is 6.19. The summed E-state index contributed by atoms with van der Waals surface area (Å²) in [5.41, 5.74) is 3.17. The van der Waals surface area contributed by atoms with Crippen molar-refractivity contribution in [2.75, 3.05) is 4.90 Å². The lowest BCUT2D eigenvalue weighted by atomic mass is 9.84. The van der Waals surface area contributed by atoms with E-state index in [1.54, 1.807) is 12.1 Å². The summed E-state index contributed by atoms with van der Waals surface area (Å²) in [6, 6.07) is 22.2. The molecule has 0 spiro atoms. The molecule has 0 N–H and O–H groups in total. The van der Waals surface area contributed by atoms with Crippen molar-refractivity contribution in [2.24, 2.45) is 0 Å². The highest BCUT2D eigenvalue weighted by Crippen LogP contribution is 2.46. The molecule has 3 aromatic carbocycles. The zero-order chi connectivity index (χ0) is 21.5. The van der Waals surface area contributed by atoms with Crippen molar-refractivity contribution in [2.45, 2.75) is 24.0 Å². The number of fused-ring (bicyclic) bond motifs is 3. The van der Waals surface area contributed by atoms with Crippen LogP contribution in [-0.2, 0) is 0 Å². The first-order valence-electron chi connectivity index (χ1n) is 10.1. The van der Waals surface area contributed by atoms with Crippen LogP contribution in [0.25, 0.3) is 6.08 Å². The quantitative estimate of drug-likeness (QED) is 0.290. The van der Waals surface area contributed by atoms with E-state index < -0.39 is 24.0 Å². The lowest BCUT2D eigenvalue weighted by Gasteiger charge is -2.34. The van der Waals surface area contributed by atoms with E-state index in [1.165, 1.54) is 0 Å². The van der Waals surface area contributed by atoms with Crippen LogP contribution < -0.4 is 4.90 Å². The molecular weight excluding hydrogens is 456 g/mol. The first kappa shape index (κ1) is 19.7. The summed E-state index contributed by atoms with van der Waals surface area (Å²) in [5.74, 6) is -0.686. The molecule has 1 saturated heterocycles. The molecule has 2 aliphatic rings. The fourth-order valence-electron chi connectivity index (χ4n) is 4.89. The highest BCUT2D eigenvalue weighted by atomic mass is 79.9. The molecule has 4 atom stereocenters. The van der Waals surface area contributed by atoms with Crippen LogP contribution in [0.5, 0.6) is 0 Å². The molecule has 31 heavy (non-hydrogen) atoms. The SMILES string of the molecule is O=C(c1ccc(Br)cc1)[C@@H]1[C@H](c2ccccc2)[C@@H]([N+](=O)[O-])[C@H]2C=Cc3ccccc3N21. The van der Waals surface area contributed by atoms with Crippen LogP contribution in [0.2, 0.25) is 0 Å². The highest BCUT2D eigenvalue weighted by Gasteiger charge is 2.58. The van der Waals surface area contributed by atoms with Gasteiger partial charge in [0.2, 0.25) is 6.04 Å². The molecule has 3 aromatic rings. The Bertz CT molecular complexity index is 1180. The lowest BCUT2D eigenvalue weighted by molar-refractivity contribution is -0.524. The van der Waals surface area contributed by atoms with Crippen LogP contribution in [-0.4, -0.2) is 28.8 Å². The second kappa shape index (κ2) is 7.78. The molecule has 0 bridgehead atoms. The number of para-hydroxylation sites is 1. The maximum Gasteiger partial charge on any atom is 0.245 e. The normalized spacial score (nSPS) is 23.8. The number of nitro groups is 1. The van der Waals surface area contributed by atoms with Gasteiger partial charge < -0.3 is 4.90 Å². The van der Waals surface area contributed by atoms with Gasteiger partial charge in [0, 0.05) is 20.6 Å². The summed E-state index contributed by atoms with van der Waals surface area (Å²) in [4.78, 5) is 27.9. The molecule has 6 heteroatoms. The predicted molar refractivity (Wildman–Crippen MR) is 124 cm³/mol. The van der Waals surface area contributed by atoms with Gasteiger partial charge in [-0.25, -0.2) is 0 Å². The number of anilines is 1. The Balaban J connectivity index is 1.72. The Morgan fingerprint density at radius 2 is 1.61 bits per heavy atom. The number of Topliss-reactive ketones (excluding diaryl/α,β-unsaturated/α-hetero) is 1. The zero-order valence-electron chi connectivity index (χ0n) is 16.5. The molecule has 1 fully saturated rings. The average Bonchev–Trinajstić information content (AvgIpc) is 3.15. The third-order valence-corrected chi connectivity index (χ3v) is 6.72. The third kappa shape index (κ3) is 3.27. The number of hydrogen-bond acceptors (Lipinski definition) is 4. The van der Waals surface area contributed by atoms with E-state index in [9.17, 15) is 14.9 Å². The van der Waals surface area contributed by atoms with Gasteiger partial charge in [-0.3, -0.25) is 14.9 Å². The summed E-state index contributed by atoms with van der Waals surface area (Å²) in [5, 5.41) is 12.3. The summed E-state index contributed by atoms with van der Waals surface area (Å²) in [7, 11) is 0. The number of ketones is 1. The van der Waals surface area contributed by atoms with Gasteiger partial charge in [0.05, 0.1) is 5.92 Å². The summed E-state index contributed by atoms with van der Waals surface area (Å²) in [6.07, 6.45) is 3.81. The molecule has 5 rings (SSSR count). The summed E-state index contributed by atoms with van der Waals surface area (Å²) < 4.78 is 0.877. The number of benzene rings is 3. The van der Waals surface area contributed by atoms with Gasteiger partial charge in [-0.05, 0) is 29.3 Å². The molecule has 0 radical (unpaired) electrons. The van der Waals surface area contributed by atoms with Crippen molar-refractivity contribution < 1.29 is 9.72 Å². The maximum absolute atomic E-state index is 13.9. The van der Waals surface area contributed by atoms with E-state index in [2.05, 4.69) is 15.9 Å². The second-order valence-corrected chi connectivity index (χ2v) is 8.76. The summed E-state index contributed by atoms with van der Waals surface area (Å²) >= 11 is 3.41. The minimum absolute atomic E-state index is 0.110. The van der Waals surface area contributed by atoms with Gasteiger partial charge in [0.15, 0.2) is 5.78 Å². The van der Waals surface area contributed by atoms with Crippen molar-refractivity contribution in [1.29, 1.82) is 0 Å². The van der Waals surface area contributed by atoms with E-state index in [-0.39, 0.29) is 10.7 Å². The van der Waals surface area contributed by atoms with Gasteiger partial charge in [0.1, 0.15) is 12.1 Å². The number of carbonyl (C=O) groups is 1. The van der Waals surface area contributed by atoms with Gasteiger partial charge in [-0.1, -0.05) is 88.7 Å². The Morgan fingerprint density at radius 3 is 2.32 bits per heavy atom. The van der Waals surface area contributed by atoms with Crippen molar-refractivity contribution in [1.82, 2.24) is 0 Å². The predicted octanol–water partition coefficient (Wildman–Crippen LogP) is 5.35. The topological polar surface area (TPSA) is 63.4 Å². The van der Waals surface area contributed by atoms with Crippen LogP contribution >= 0.6 is 15.9 Å². The largest absolute Gasteiger partial charge is 0.346 e. The van der Waals surface area contributed by atoms with Gasteiger partial charge >= 0.3 is 0 Å². The van der Waals surface area contributed by atoms with Crippen molar-refractivity contribution in [3.8, 4) is 0 Å². The smallest absolute Gasteiger partial charge is 0.245 e. The van der Waals surface area contributed by atoms with Crippen LogP contribution in [0.1, 0.15) is 27.4 Å². The molecule has 2 heterocycles. The summed E-state index contributed by atoms with van der Waals surface area (Å²) in [6.45, 7) is 0. The van der Waals surface area contributed by atoms with Gasteiger partial charge in [0.25, 0.3) is 0 Å². The molecule has 0 amide bonds. The Labute approximate surface area is 188 Å². The number of rotatable bonds is 4. The van der Waals surface area contributed by atoms with E-state index in [0.717, 1.165) is 21.3 Å². The fourth-order valence-corrected chi connectivity index (χ4v) is 5.15. The first-order chi connectivity index (χ1) is 15.1. The van der Waals surface area contributed by atoms with Crippen LogP contribution in [0.15, 0.2) is 89.4 Å². The van der Waals surface area contributed by atoms with E-state index in [4.69, 9.17) is 0 Å². The van der Waals surface area contributed by atoms with Crippen LogP contribution in [0, 0.1) is 10.1 Å². The molecule has 0 aliphatic carbocycles. The molecular formula is C25H19BrN2O3. The monoisotopic (exact) mass is 474 g/mol. The fraction of sp³-hybridized carbons (Fsp3) is 0.160. The minimum atomic E-state index is -0.934. The van der Waals surface area contributed by atoms with Crippen molar-refractivity contribution in [3.05, 3.63) is 116 Å². The molecule has 2 aliphatic heterocycles. The molecule has 0 saturated carbocycles. The van der Waals surface area contributed by atoms with Crippen LogP contribution in [0.4, 0.5) is 5.69 Å². The Kier molecular flexibility index (Phi) is 4.94. The molecule has 154 valence electrons. The minimum Gasteiger partial charge on any atom is -0.346 e. The van der Waals surface area contributed by atoms with E-state index >= 15 is 0 Å². The number of nitrogens with zero attached hydrogens (tertiary/aromatic N) is 2. The standard InChI is InChI=1S/C25H19BrN2O3/c26-19-13-10-18(11-14-19)25(29)24-22(17-7-2-1-3-8-17)23(28(30)31)21-15-12-16-6-4-5-9-20(16)27(21)24/h1-15,21-24H/t21-,22-,23+,24+/m1/s1. The number of carbonyl (C=O) groups excluding carboxylic acids is 1. The Hall–Kier alpha value is -3.25. The molecule has 0 unspecified atom stereocenters. The number of hydrogen-bond donors (Lipinski definition) is 0. The second-order valence-electron chi connectivity index (χ2n) is 7.84. The van der Waals surface area contributed by atoms with Crippen molar-refractivity contribution >= 4 is 33.5 Å².